The van der Waals surface area contributed by atoms with Crippen LogP contribution in [0, 0.1) is 0 Å². The molecule has 1 aromatic rings. The number of aromatic nitrogens is 1. The summed E-state index contributed by atoms with van der Waals surface area (Å²) in [5.74, 6) is 0. The second-order valence-corrected chi connectivity index (χ2v) is 3.06. The molecule has 0 saturated carbocycles. The highest BCUT2D eigenvalue weighted by atomic mass is 32.1. The van der Waals surface area contributed by atoms with E-state index in [9.17, 15) is 17.3 Å². The van der Waals surface area contributed by atoms with Gasteiger partial charge < -0.3 is 22.0 Å². The molecule has 8 heteroatoms. The molecular weight excluding hydrogens is 221 g/mol. The number of ether oxygens (including phenoxy) is 1. The molecule has 0 aliphatic heterocycles. The van der Waals surface area contributed by atoms with Crippen LogP contribution in [-0.4, -0.2) is 14.4 Å². The summed E-state index contributed by atoms with van der Waals surface area (Å²) in [4.78, 5) is 0. The first kappa shape index (κ1) is 13.4. The Morgan fingerprint density at radius 1 is 1.36 bits per heavy atom. The molecule has 1 rings (SSSR count). The van der Waals surface area contributed by atoms with E-state index in [0.717, 1.165) is 0 Å². The van der Waals surface area contributed by atoms with Crippen LogP contribution < -0.4 is 4.57 Å². The number of thiazole rings is 1. The zero-order chi connectivity index (χ0) is 11.2. The zero-order valence-electron chi connectivity index (χ0n) is 7.66. The molecule has 1 unspecified atom stereocenters. The third-order valence-corrected chi connectivity index (χ3v) is 1.90. The topological polar surface area (TPSA) is 13.1 Å². The molecule has 0 radical (unpaired) electrons. The Bertz CT molecular complexity index is 234. The molecule has 0 saturated heterocycles. The monoisotopic (exact) mass is 231 g/mol. The van der Waals surface area contributed by atoms with Crippen molar-refractivity contribution in [3.63, 3.8) is 0 Å². The molecule has 0 N–H and O–H groups in total. The van der Waals surface area contributed by atoms with Gasteiger partial charge in [-0.2, -0.15) is 4.57 Å². The van der Waals surface area contributed by atoms with E-state index in [1.54, 1.807) is 18.4 Å². The molecule has 1 aromatic heterocycles. The van der Waals surface area contributed by atoms with E-state index in [-0.39, 0.29) is 6.23 Å². The minimum Gasteiger partial charge on any atom is -0.418 e. The van der Waals surface area contributed by atoms with Gasteiger partial charge in [-0.25, -0.2) is 0 Å². The lowest BCUT2D eigenvalue weighted by Gasteiger charge is -1.98. The van der Waals surface area contributed by atoms with E-state index in [1.807, 2.05) is 28.6 Å². The van der Waals surface area contributed by atoms with Crippen molar-refractivity contribution in [3.05, 3.63) is 17.1 Å². The maximum atomic E-state index is 9.75. The van der Waals surface area contributed by atoms with Crippen LogP contribution in [0.5, 0.6) is 0 Å². The highest BCUT2D eigenvalue weighted by molar-refractivity contribution is 7.07. The Balaban J connectivity index is 0.000000292. The lowest BCUT2D eigenvalue weighted by atomic mass is 10.3. The van der Waals surface area contributed by atoms with Gasteiger partial charge in [0.1, 0.15) is 0 Å². The number of nitrogens with zero attached hydrogens (tertiary/aromatic N) is 1. The van der Waals surface area contributed by atoms with Crippen molar-refractivity contribution in [2.75, 3.05) is 7.11 Å². The molecule has 1 heterocycles. The second kappa shape index (κ2) is 5.97. The summed E-state index contributed by atoms with van der Waals surface area (Å²) >= 11 is 1.67. The van der Waals surface area contributed by atoms with E-state index in [2.05, 4.69) is 0 Å². The average Bonchev–Trinajstić information content (AvgIpc) is 2.51. The highest BCUT2D eigenvalue weighted by Crippen LogP contribution is 2.06. The van der Waals surface area contributed by atoms with Gasteiger partial charge in [0.2, 0.25) is 5.51 Å². The molecule has 1 atom stereocenters. The van der Waals surface area contributed by atoms with Crippen molar-refractivity contribution in [3.8, 4) is 0 Å². The average molecular weight is 231 g/mol. The molecule has 0 bridgehead atoms. The van der Waals surface area contributed by atoms with Crippen LogP contribution in [0.2, 0.25) is 0 Å². The molecule has 2 nitrogen and oxygen atoms in total. The fraction of sp³-hybridized carbons (Fsp3) is 0.500. The number of rotatable bonds is 2. The van der Waals surface area contributed by atoms with Crippen molar-refractivity contribution in [1.29, 1.82) is 0 Å². The molecule has 0 fully saturated rings. The highest BCUT2D eigenvalue weighted by Gasteiger charge is 2.20. The Labute approximate surface area is 83.2 Å². The second-order valence-electron chi connectivity index (χ2n) is 2.30. The maximum Gasteiger partial charge on any atom is 0.673 e. The smallest absolute Gasteiger partial charge is 0.418 e. The van der Waals surface area contributed by atoms with Crippen molar-refractivity contribution in [1.82, 2.24) is 0 Å². The largest absolute Gasteiger partial charge is 0.673 e. The Hall–Kier alpha value is -0.625. The van der Waals surface area contributed by atoms with Crippen molar-refractivity contribution < 1.29 is 26.6 Å². The van der Waals surface area contributed by atoms with E-state index in [0.29, 0.717) is 0 Å². The molecular formula is C6H10BF4NOS. The fourth-order valence-electron chi connectivity index (χ4n) is 0.575. The SMILES string of the molecule is COC(C)[n+]1ccsc1.F[B-](F)(F)F. The summed E-state index contributed by atoms with van der Waals surface area (Å²) < 4.78 is 46.1. The molecule has 82 valence electrons. The van der Waals surface area contributed by atoms with Gasteiger partial charge in [-0.1, -0.05) is 11.3 Å². The fourth-order valence-corrected chi connectivity index (χ4v) is 1.24. The number of hydrogen-bond donors (Lipinski definition) is 0. The third-order valence-electron chi connectivity index (χ3n) is 1.26. The summed E-state index contributed by atoms with van der Waals surface area (Å²) in [6.07, 6.45) is 2.16. The lowest BCUT2D eigenvalue weighted by molar-refractivity contribution is -0.753. The van der Waals surface area contributed by atoms with Gasteiger partial charge in [0.05, 0.1) is 5.38 Å². The first-order valence-electron chi connectivity index (χ1n) is 3.67. The quantitative estimate of drug-likeness (QED) is 0.433. The minimum absolute atomic E-state index is 0.163. The van der Waals surface area contributed by atoms with Crippen LogP contribution >= 0.6 is 11.3 Å². The van der Waals surface area contributed by atoms with Crippen LogP contribution in [0.4, 0.5) is 17.3 Å². The van der Waals surface area contributed by atoms with Gasteiger partial charge in [0, 0.05) is 14.0 Å². The molecule has 0 aliphatic carbocycles. The molecule has 14 heavy (non-hydrogen) atoms. The Morgan fingerprint density at radius 3 is 2.14 bits per heavy atom. The number of hydrogen-bond acceptors (Lipinski definition) is 2. The zero-order valence-corrected chi connectivity index (χ0v) is 8.48. The summed E-state index contributed by atoms with van der Waals surface area (Å²) in [5.41, 5.74) is 2.02. The normalized spacial score (nSPS) is 13.0. The van der Waals surface area contributed by atoms with Gasteiger partial charge in [-0.05, 0) is 0 Å². The van der Waals surface area contributed by atoms with Gasteiger partial charge in [-0.15, -0.1) is 0 Å². The van der Waals surface area contributed by atoms with Crippen LogP contribution in [0.1, 0.15) is 13.2 Å². The standard InChI is InChI=1S/C6H10NOS.BF4/c1-6(8-2)7-3-4-9-5-7;2-1(3,4)5/h3-6H,1-2H3;/q+1;-1. The summed E-state index contributed by atoms with van der Waals surface area (Å²) in [6.45, 7) is 2.01. The summed E-state index contributed by atoms with van der Waals surface area (Å²) in [6, 6.07) is 0. The van der Waals surface area contributed by atoms with Gasteiger partial charge in [-0.3, -0.25) is 0 Å². The minimum atomic E-state index is -6.00. The van der Waals surface area contributed by atoms with Gasteiger partial charge in [0.15, 0.2) is 6.20 Å². The third kappa shape index (κ3) is 8.00. The van der Waals surface area contributed by atoms with E-state index in [1.165, 1.54) is 0 Å². The van der Waals surface area contributed by atoms with Crippen LogP contribution in [0.25, 0.3) is 0 Å². The Morgan fingerprint density at radius 2 is 1.86 bits per heavy atom. The maximum absolute atomic E-state index is 9.75. The molecule has 0 aromatic carbocycles. The molecule has 0 amide bonds. The van der Waals surface area contributed by atoms with Crippen LogP contribution in [0.3, 0.4) is 0 Å². The summed E-state index contributed by atoms with van der Waals surface area (Å²) in [7, 11) is -4.30. The lowest BCUT2D eigenvalue weighted by Crippen LogP contribution is -2.35. The van der Waals surface area contributed by atoms with E-state index < -0.39 is 7.25 Å². The van der Waals surface area contributed by atoms with Gasteiger partial charge in [0.25, 0.3) is 6.23 Å². The van der Waals surface area contributed by atoms with E-state index >= 15 is 0 Å². The van der Waals surface area contributed by atoms with Crippen molar-refractivity contribution in [2.24, 2.45) is 0 Å². The Kier molecular flexibility index (Phi) is 5.70. The predicted octanol–water partition coefficient (Wildman–Crippen LogP) is 2.50. The van der Waals surface area contributed by atoms with E-state index in [4.69, 9.17) is 4.74 Å². The predicted molar refractivity (Wildman–Crippen MR) is 46.4 cm³/mol. The van der Waals surface area contributed by atoms with Crippen LogP contribution in [-0.2, 0) is 4.74 Å². The van der Waals surface area contributed by atoms with Gasteiger partial charge >= 0.3 is 7.25 Å². The number of halogens is 4. The van der Waals surface area contributed by atoms with Crippen LogP contribution in [0.15, 0.2) is 17.1 Å². The first-order chi connectivity index (χ1) is 6.34. The molecule has 0 spiro atoms. The van der Waals surface area contributed by atoms with Crippen molar-refractivity contribution >= 4 is 18.6 Å². The first-order valence-corrected chi connectivity index (χ1v) is 4.62. The number of methoxy groups -OCH3 is 1. The summed E-state index contributed by atoms with van der Waals surface area (Å²) in [5, 5.41) is 2.02. The molecule has 0 aliphatic rings. The van der Waals surface area contributed by atoms with Crippen molar-refractivity contribution in [2.45, 2.75) is 13.2 Å².